The number of hydrogen-bond acceptors (Lipinski definition) is 6. The number of nitrogens with zero attached hydrogens (tertiary/aromatic N) is 1. The molecular weight excluding hydrogens is 469 g/mol. The summed E-state index contributed by atoms with van der Waals surface area (Å²) in [6.07, 6.45) is -2.87. The highest BCUT2D eigenvalue weighted by atomic mass is 35.6. The molecule has 0 aliphatic carbocycles. The summed E-state index contributed by atoms with van der Waals surface area (Å²) in [5.41, 5.74) is 1.25. The molecule has 3 rings (SSSR count). The highest BCUT2D eigenvalue weighted by Gasteiger charge is 2.51. The number of benzene rings is 2. The van der Waals surface area contributed by atoms with Gasteiger partial charge in [0.2, 0.25) is 3.79 Å². The number of esters is 1. The van der Waals surface area contributed by atoms with Gasteiger partial charge in [0.25, 0.3) is 0 Å². The minimum Gasteiger partial charge on any atom is -0.497 e. The molecule has 10 heteroatoms. The van der Waals surface area contributed by atoms with Crippen molar-refractivity contribution in [3.05, 3.63) is 65.7 Å². The van der Waals surface area contributed by atoms with Crippen LogP contribution < -0.4 is 4.74 Å². The van der Waals surface area contributed by atoms with Gasteiger partial charge in [-0.2, -0.15) is 0 Å². The van der Waals surface area contributed by atoms with Crippen LogP contribution in [0.4, 0.5) is 4.79 Å². The van der Waals surface area contributed by atoms with Crippen molar-refractivity contribution in [1.29, 1.82) is 0 Å². The molecular formula is C21H20Cl3NO6. The second kappa shape index (κ2) is 9.96. The molecule has 31 heavy (non-hydrogen) atoms. The molecule has 0 spiro atoms. The number of alkyl halides is 3. The zero-order valence-corrected chi connectivity index (χ0v) is 18.9. The number of carbonyl (C=O) groups excluding carboxylic acids is 2. The van der Waals surface area contributed by atoms with Gasteiger partial charge in [0.05, 0.1) is 14.2 Å². The summed E-state index contributed by atoms with van der Waals surface area (Å²) in [6, 6.07) is 15.0. The van der Waals surface area contributed by atoms with E-state index in [0.717, 1.165) is 0 Å². The van der Waals surface area contributed by atoms with Crippen molar-refractivity contribution in [1.82, 2.24) is 4.90 Å². The summed E-state index contributed by atoms with van der Waals surface area (Å²) in [6.45, 7) is -0.479. The normalized spacial score (nSPS) is 20.9. The van der Waals surface area contributed by atoms with Gasteiger partial charge in [0, 0.05) is 5.56 Å². The first kappa shape index (κ1) is 23.5. The maximum Gasteiger partial charge on any atom is 0.412 e. The highest BCUT2D eigenvalue weighted by Crippen LogP contribution is 2.44. The molecule has 2 aromatic carbocycles. The van der Waals surface area contributed by atoms with Crippen molar-refractivity contribution < 1.29 is 28.5 Å². The van der Waals surface area contributed by atoms with E-state index in [1.165, 1.54) is 12.0 Å². The third-order valence-electron chi connectivity index (χ3n) is 4.66. The number of halogens is 3. The van der Waals surface area contributed by atoms with Crippen LogP contribution in [0.15, 0.2) is 54.6 Å². The molecule has 1 aliphatic heterocycles. The Morgan fingerprint density at radius 3 is 2.19 bits per heavy atom. The topological polar surface area (TPSA) is 74.3 Å². The lowest BCUT2D eigenvalue weighted by Crippen LogP contribution is -2.38. The summed E-state index contributed by atoms with van der Waals surface area (Å²) in [7, 11) is 2.79. The van der Waals surface area contributed by atoms with Gasteiger partial charge in [-0.25, -0.2) is 9.59 Å². The second-order valence-corrected chi connectivity index (χ2v) is 9.15. The van der Waals surface area contributed by atoms with E-state index in [1.54, 1.807) is 55.6 Å². The second-order valence-electron chi connectivity index (χ2n) is 6.64. The Labute approximate surface area is 194 Å². The number of hydrogen-bond donors (Lipinski definition) is 0. The van der Waals surface area contributed by atoms with Gasteiger partial charge in [-0.05, 0) is 17.7 Å². The molecule has 0 bridgehead atoms. The number of rotatable bonds is 5. The van der Waals surface area contributed by atoms with Crippen LogP contribution in [0, 0.1) is 0 Å². The molecule has 0 radical (unpaired) electrons. The molecule has 0 unspecified atom stereocenters. The maximum absolute atomic E-state index is 13.1. The van der Waals surface area contributed by atoms with Gasteiger partial charge in [-0.3, -0.25) is 4.90 Å². The molecule has 1 saturated heterocycles. The maximum atomic E-state index is 13.1. The van der Waals surface area contributed by atoms with Gasteiger partial charge in [0.1, 0.15) is 18.4 Å². The van der Waals surface area contributed by atoms with E-state index < -0.39 is 40.8 Å². The van der Waals surface area contributed by atoms with Crippen molar-refractivity contribution in [2.45, 2.75) is 22.2 Å². The van der Waals surface area contributed by atoms with E-state index in [9.17, 15) is 9.59 Å². The van der Waals surface area contributed by atoms with Crippen LogP contribution in [0.5, 0.6) is 5.75 Å². The van der Waals surface area contributed by atoms with Crippen molar-refractivity contribution in [3.8, 4) is 5.75 Å². The van der Waals surface area contributed by atoms with Crippen LogP contribution in [0.3, 0.4) is 0 Å². The quantitative estimate of drug-likeness (QED) is 0.444. The van der Waals surface area contributed by atoms with Crippen LogP contribution in [-0.2, 0) is 19.0 Å². The third-order valence-corrected chi connectivity index (χ3v) is 4.99. The lowest BCUT2D eigenvalue weighted by Gasteiger charge is -2.29. The summed E-state index contributed by atoms with van der Waals surface area (Å²) in [5.74, 6) is -0.0137. The first-order valence-corrected chi connectivity index (χ1v) is 10.3. The molecule has 0 aromatic heterocycles. The number of methoxy groups -OCH3 is 2. The van der Waals surface area contributed by atoms with Crippen LogP contribution in [0.1, 0.15) is 23.4 Å². The molecule has 1 amide bonds. The molecule has 1 heterocycles. The molecule has 7 nitrogen and oxygen atoms in total. The van der Waals surface area contributed by atoms with Crippen molar-refractivity contribution in [3.63, 3.8) is 0 Å². The smallest absolute Gasteiger partial charge is 0.412 e. The van der Waals surface area contributed by atoms with Gasteiger partial charge in [-0.15, -0.1) is 0 Å². The summed E-state index contributed by atoms with van der Waals surface area (Å²) in [5, 5.41) is 0. The van der Waals surface area contributed by atoms with E-state index in [1.807, 2.05) is 6.07 Å². The molecule has 166 valence electrons. The van der Waals surface area contributed by atoms with Crippen LogP contribution >= 0.6 is 34.8 Å². The lowest BCUT2D eigenvalue weighted by atomic mass is 10.0. The molecule has 0 N–H and O–H groups in total. The Kier molecular flexibility index (Phi) is 7.54. The predicted octanol–water partition coefficient (Wildman–Crippen LogP) is 4.82. The third kappa shape index (κ3) is 5.54. The lowest BCUT2D eigenvalue weighted by molar-refractivity contribution is -0.154. The van der Waals surface area contributed by atoms with E-state index in [4.69, 9.17) is 53.8 Å². The first-order valence-electron chi connectivity index (χ1n) is 9.19. The molecule has 3 atom stereocenters. The van der Waals surface area contributed by atoms with Gasteiger partial charge in [0.15, 0.2) is 12.3 Å². The largest absolute Gasteiger partial charge is 0.497 e. The summed E-state index contributed by atoms with van der Waals surface area (Å²) in [4.78, 5) is 27.0. The fourth-order valence-electron chi connectivity index (χ4n) is 3.29. The van der Waals surface area contributed by atoms with Crippen LogP contribution in [-0.4, -0.2) is 47.7 Å². The van der Waals surface area contributed by atoms with E-state index in [2.05, 4.69) is 0 Å². The van der Waals surface area contributed by atoms with Gasteiger partial charge >= 0.3 is 12.1 Å². The summed E-state index contributed by atoms with van der Waals surface area (Å²) >= 11 is 17.2. The summed E-state index contributed by atoms with van der Waals surface area (Å²) < 4.78 is 19.6. The number of ether oxygens (including phenoxy) is 4. The van der Waals surface area contributed by atoms with E-state index in [0.29, 0.717) is 16.9 Å². The van der Waals surface area contributed by atoms with E-state index in [-0.39, 0.29) is 0 Å². The Morgan fingerprint density at radius 1 is 1.00 bits per heavy atom. The van der Waals surface area contributed by atoms with E-state index >= 15 is 0 Å². The standard InChI is InChI=1S/C21H20Cl3NO6/c1-28-15-10-8-14(9-11-15)18-25(20(27)30-12-21(22,23)24)16(13-6-4-3-5-7-13)17(31-18)19(26)29-2/h3-11,16-18H,12H2,1-2H3/t16-,17+,18+/m0/s1. The Balaban J connectivity index is 2.04. The minimum atomic E-state index is -1.80. The highest BCUT2D eigenvalue weighted by molar-refractivity contribution is 6.67. The Morgan fingerprint density at radius 2 is 1.65 bits per heavy atom. The van der Waals surface area contributed by atoms with Gasteiger partial charge < -0.3 is 18.9 Å². The molecule has 1 fully saturated rings. The zero-order chi connectivity index (χ0) is 22.6. The fourth-order valence-corrected chi connectivity index (χ4v) is 3.46. The van der Waals surface area contributed by atoms with Gasteiger partial charge in [-0.1, -0.05) is 77.3 Å². The number of amides is 1. The van der Waals surface area contributed by atoms with Crippen molar-refractivity contribution in [2.24, 2.45) is 0 Å². The van der Waals surface area contributed by atoms with Crippen molar-refractivity contribution >= 4 is 46.9 Å². The molecule has 2 aromatic rings. The fraction of sp³-hybridized carbons (Fsp3) is 0.333. The molecule has 1 aliphatic rings. The monoisotopic (exact) mass is 487 g/mol. The predicted molar refractivity (Wildman–Crippen MR) is 115 cm³/mol. The minimum absolute atomic E-state index is 0.479. The number of carbonyl (C=O) groups is 2. The average Bonchev–Trinajstić information content (AvgIpc) is 3.17. The van der Waals surface area contributed by atoms with Crippen LogP contribution in [0.2, 0.25) is 0 Å². The molecule has 0 saturated carbocycles. The zero-order valence-electron chi connectivity index (χ0n) is 16.7. The Bertz CT molecular complexity index is 904. The average molecular weight is 489 g/mol. The first-order chi connectivity index (χ1) is 14.7. The van der Waals surface area contributed by atoms with Crippen molar-refractivity contribution in [2.75, 3.05) is 20.8 Å². The SMILES string of the molecule is COC(=O)[C@@H]1O[C@H](c2ccc(OC)cc2)N(C(=O)OCC(Cl)(Cl)Cl)[C@H]1c1ccccc1. The van der Waals surface area contributed by atoms with Crippen LogP contribution in [0.25, 0.3) is 0 Å². The Hall–Kier alpha value is -2.19.